The highest BCUT2D eigenvalue weighted by atomic mass is 16.3. The maximum Gasteiger partial charge on any atom is 0.135 e. The molecule has 0 aliphatic heterocycles. The van der Waals surface area contributed by atoms with E-state index in [1.807, 2.05) is 12.3 Å². The van der Waals surface area contributed by atoms with Gasteiger partial charge in [0.1, 0.15) is 5.58 Å². The van der Waals surface area contributed by atoms with Crippen LogP contribution in [0.25, 0.3) is 32.5 Å². The number of hydrogen-bond acceptors (Lipinski definition) is 1. The van der Waals surface area contributed by atoms with Gasteiger partial charge in [-0.15, -0.1) is 0 Å². The van der Waals surface area contributed by atoms with Crippen LogP contribution in [0.4, 0.5) is 0 Å². The standard InChI is InChI=1S/C14H8O/c1-2-9-4-5-11-8-15-12-7-6-10(3-1)13(9)14(11)12/h1-8H. The van der Waals surface area contributed by atoms with Crippen molar-refractivity contribution >= 4 is 32.5 Å². The van der Waals surface area contributed by atoms with Crippen molar-refractivity contribution in [3.05, 3.63) is 48.7 Å². The zero-order valence-electron chi connectivity index (χ0n) is 8.03. The fourth-order valence-corrected chi connectivity index (χ4v) is 2.40. The lowest BCUT2D eigenvalue weighted by molar-refractivity contribution is 0.619. The molecular weight excluding hydrogens is 184 g/mol. The Balaban J connectivity index is 2.54. The summed E-state index contributed by atoms with van der Waals surface area (Å²) in [5, 5.41) is 6.33. The highest BCUT2D eigenvalue weighted by Crippen LogP contribution is 2.34. The third-order valence-electron chi connectivity index (χ3n) is 3.08. The lowest BCUT2D eigenvalue weighted by atomic mass is 9.99. The average Bonchev–Trinajstić information content (AvgIpc) is 2.71. The minimum atomic E-state index is 0.981. The first-order valence-corrected chi connectivity index (χ1v) is 5.04. The average molecular weight is 192 g/mol. The minimum absolute atomic E-state index is 0.981. The highest BCUT2D eigenvalue weighted by molar-refractivity contribution is 6.21. The monoisotopic (exact) mass is 192 g/mol. The van der Waals surface area contributed by atoms with Crippen LogP contribution in [-0.4, -0.2) is 0 Å². The van der Waals surface area contributed by atoms with Gasteiger partial charge in [-0.05, 0) is 16.8 Å². The normalized spacial score (nSPS) is 12.0. The van der Waals surface area contributed by atoms with Gasteiger partial charge in [0, 0.05) is 16.2 Å². The molecule has 0 saturated heterocycles. The van der Waals surface area contributed by atoms with E-state index in [1.165, 1.54) is 26.9 Å². The second-order valence-electron chi connectivity index (χ2n) is 3.91. The molecule has 1 aromatic heterocycles. The maximum atomic E-state index is 5.53. The first-order valence-electron chi connectivity index (χ1n) is 5.04. The molecule has 0 unspecified atom stereocenters. The number of benzene rings is 3. The van der Waals surface area contributed by atoms with E-state index in [4.69, 9.17) is 4.42 Å². The molecular formula is C14H8O. The van der Waals surface area contributed by atoms with Crippen LogP contribution in [0, 0.1) is 0 Å². The maximum absolute atomic E-state index is 5.53. The topological polar surface area (TPSA) is 13.1 Å². The summed E-state index contributed by atoms with van der Waals surface area (Å²) in [7, 11) is 0. The van der Waals surface area contributed by atoms with Gasteiger partial charge in [-0.2, -0.15) is 0 Å². The third-order valence-corrected chi connectivity index (χ3v) is 3.08. The largest absolute Gasteiger partial charge is 0.464 e. The molecule has 15 heavy (non-hydrogen) atoms. The molecule has 0 saturated carbocycles. The van der Waals surface area contributed by atoms with Gasteiger partial charge in [-0.25, -0.2) is 0 Å². The van der Waals surface area contributed by atoms with Crippen LogP contribution in [0.5, 0.6) is 0 Å². The van der Waals surface area contributed by atoms with Crippen molar-refractivity contribution < 1.29 is 4.42 Å². The van der Waals surface area contributed by atoms with E-state index in [1.54, 1.807) is 0 Å². The molecule has 1 heterocycles. The van der Waals surface area contributed by atoms with E-state index < -0.39 is 0 Å². The summed E-state index contributed by atoms with van der Waals surface area (Å²) in [6.45, 7) is 0. The molecule has 0 bridgehead atoms. The Kier molecular flexibility index (Phi) is 1.13. The predicted molar refractivity (Wildman–Crippen MR) is 62.4 cm³/mol. The summed E-state index contributed by atoms with van der Waals surface area (Å²) < 4.78 is 5.53. The van der Waals surface area contributed by atoms with E-state index in [-0.39, 0.29) is 0 Å². The summed E-state index contributed by atoms with van der Waals surface area (Å²) in [4.78, 5) is 0. The second-order valence-corrected chi connectivity index (χ2v) is 3.91. The van der Waals surface area contributed by atoms with Gasteiger partial charge < -0.3 is 4.42 Å². The summed E-state index contributed by atoms with van der Waals surface area (Å²) >= 11 is 0. The van der Waals surface area contributed by atoms with Crippen molar-refractivity contribution in [1.82, 2.24) is 0 Å². The molecule has 0 aliphatic carbocycles. The fraction of sp³-hybridized carbons (Fsp3) is 0. The predicted octanol–water partition coefficient (Wildman–Crippen LogP) is 4.18. The van der Waals surface area contributed by atoms with Gasteiger partial charge in [0.15, 0.2) is 0 Å². The van der Waals surface area contributed by atoms with E-state index in [0.29, 0.717) is 0 Å². The molecule has 0 radical (unpaired) electrons. The van der Waals surface area contributed by atoms with Crippen molar-refractivity contribution in [3.63, 3.8) is 0 Å². The second kappa shape index (κ2) is 2.31. The summed E-state index contributed by atoms with van der Waals surface area (Å²) in [6, 6.07) is 14.8. The molecule has 1 heteroatoms. The van der Waals surface area contributed by atoms with Crippen molar-refractivity contribution in [2.24, 2.45) is 0 Å². The molecule has 1 nitrogen and oxygen atoms in total. The minimum Gasteiger partial charge on any atom is -0.464 e. The lowest BCUT2D eigenvalue weighted by Gasteiger charge is -2.03. The van der Waals surface area contributed by atoms with Crippen LogP contribution in [0.15, 0.2) is 53.1 Å². The quantitative estimate of drug-likeness (QED) is 0.407. The summed E-state index contributed by atoms with van der Waals surface area (Å²) in [5.41, 5.74) is 0.981. The highest BCUT2D eigenvalue weighted by Gasteiger charge is 2.09. The molecule has 4 rings (SSSR count). The molecule has 0 N–H and O–H groups in total. The third kappa shape index (κ3) is 0.785. The van der Waals surface area contributed by atoms with Crippen LogP contribution in [0.1, 0.15) is 0 Å². The van der Waals surface area contributed by atoms with Gasteiger partial charge in [-0.1, -0.05) is 36.4 Å². The molecule has 0 atom stereocenters. The number of furan rings is 1. The Morgan fingerprint density at radius 1 is 0.667 bits per heavy atom. The SMILES string of the molecule is c1cc2ccc3coc4ccc(c1)c2c34. The Labute approximate surface area is 86.2 Å². The Hall–Kier alpha value is -2.02. The van der Waals surface area contributed by atoms with Gasteiger partial charge in [0.2, 0.25) is 0 Å². The fourth-order valence-electron chi connectivity index (χ4n) is 2.40. The first-order chi connectivity index (χ1) is 7.43. The Morgan fingerprint density at radius 3 is 2.27 bits per heavy atom. The Morgan fingerprint density at radius 2 is 1.40 bits per heavy atom. The Bertz CT molecular complexity index is 704. The van der Waals surface area contributed by atoms with Crippen molar-refractivity contribution in [2.75, 3.05) is 0 Å². The van der Waals surface area contributed by atoms with E-state index in [9.17, 15) is 0 Å². The van der Waals surface area contributed by atoms with E-state index in [0.717, 1.165) is 5.58 Å². The summed E-state index contributed by atoms with van der Waals surface area (Å²) in [6.07, 6.45) is 1.83. The molecule has 0 spiro atoms. The van der Waals surface area contributed by atoms with Gasteiger partial charge in [0.05, 0.1) is 6.26 Å². The summed E-state index contributed by atoms with van der Waals surface area (Å²) in [5.74, 6) is 0. The van der Waals surface area contributed by atoms with Gasteiger partial charge in [-0.3, -0.25) is 0 Å². The zero-order valence-corrected chi connectivity index (χ0v) is 8.03. The van der Waals surface area contributed by atoms with Crippen LogP contribution in [0.2, 0.25) is 0 Å². The van der Waals surface area contributed by atoms with Crippen molar-refractivity contribution in [1.29, 1.82) is 0 Å². The molecule has 0 aliphatic rings. The molecule has 4 aromatic rings. The number of rotatable bonds is 0. The molecule has 3 aromatic carbocycles. The van der Waals surface area contributed by atoms with Crippen LogP contribution >= 0.6 is 0 Å². The van der Waals surface area contributed by atoms with Crippen molar-refractivity contribution in [2.45, 2.75) is 0 Å². The lowest BCUT2D eigenvalue weighted by Crippen LogP contribution is -1.77. The van der Waals surface area contributed by atoms with Crippen LogP contribution < -0.4 is 0 Å². The van der Waals surface area contributed by atoms with Crippen molar-refractivity contribution in [3.8, 4) is 0 Å². The van der Waals surface area contributed by atoms with Gasteiger partial charge >= 0.3 is 0 Å². The number of hydrogen-bond donors (Lipinski definition) is 0. The van der Waals surface area contributed by atoms with Crippen LogP contribution in [0.3, 0.4) is 0 Å². The molecule has 0 fully saturated rings. The van der Waals surface area contributed by atoms with Crippen LogP contribution in [-0.2, 0) is 0 Å². The molecule has 70 valence electrons. The molecule has 0 amide bonds. The zero-order chi connectivity index (χ0) is 9.83. The van der Waals surface area contributed by atoms with E-state index in [2.05, 4.69) is 36.4 Å². The van der Waals surface area contributed by atoms with E-state index >= 15 is 0 Å². The first kappa shape index (κ1) is 7.30. The van der Waals surface area contributed by atoms with Gasteiger partial charge in [0.25, 0.3) is 0 Å². The smallest absolute Gasteiger partial charge is 0.135 e.